The second-order valence-corrected chi connectivity index (χ2v) is 5.55. The SMILES string of the molecule is O=C(NCc1cnn2c1CCCC2)c1ccc2c(c1)OCO2. The van der Waals surface area contributed by atoms with Gasteiger partial charge in [0, 0.05) is 29.9 Å². The van der Waals surface area contributed by atoms with Gasteiger partial charge >= 0.3 is 0 Å². The van der Waals surface area contributed by atoms with Crippen LogP contribution in [-0.4, -0.2) is 22.5 Å². The molecule has 22 heavy (non-hydrogen) atoms. The van der Waals surface area contributed by atoms with Crippen LogP contribution in [0.3, 0.4) is 0 Å². The van der Waals surface area contributed by atoms with E-state index in [1.807, 2.05) is 10.9 Å². The third-order valence-electron chi connectivity index (χ3n) is 4.14. The molecule has 2 aliphatic rings. The van der Waals surface area contributed by atoms with Gasteiger partial charge in [0.2, 0.25) is 6.79 Å². The maximum atomic E-state index is 12.3. The molecular formula is C16H17N3O3. The van der Waals surface area contributed by atoms with Crippen LogP contribution in [0.15, 0.2) is 24.4 Å². The number of fused-ring (bicyclic) bond motifs is 2. The Bertz CT molecular complexity index is 723. The minimum Gasteiger partial charge on any atom is -0.454 e. The van der Waals surface area contributed by atoms with Gasteiger partial charge in [-0.3, -0.25) is 9.48 Å². The number of nitrogens with one attached hydrogen (secondary N) is 1. The number of aryl methyl sites for hydroxylation is 1. The highest BCUT2D eigenvalue weighted by atomic mass is 16.7. The van der Waals surface area contributed by atoms with Gasteiger partial charge in [0.1, 0.15) is 0 Å². The highest BCUT2D eigenvalue weighted by Crippen LogP contribution is 2.32. The molecule has 4 rings (SSSR count). The topological polar surface area (TPSA) is 65.4 Å². The quantitative estimate of drug-likeness (QED) is 0.940. The van der Waals surface area contributed by atoms with Crippen LogP contribution in [0.1, 0.15) is 34.5 Å². The minimum atomic E-state index is -0.117. The lowest BCUT2D eigenvalue weighted by molar-refractivity contribution is 0.0950. The van der Waals surface area contributed by atoms with Gasteiger partial charge in [-0.15, -0.1) is 0 Å². The first kappa shape index (κ1) is 13.2. The van der Waals surface area contributed by atoms with Crippen LogP contribution in [0.25, 0.3) is 0 Å². The maximum absolute atomic E-state index is 12.3. The number of amides is 1. The summed E-state index contributed by atoms with van der Waals surface area (Å²) in [4.78, 5) is 12.3. The van der Waals surface area contributed by atoms with Gasteiger partial charge in [-0.1, -0.05) is 0 Å². The van der Waals surface area contributed by atoms with E-state index in [0.717, 1.165) is 18.5 Å². The Labute approximate surface area is 128 Å². The van der Waals surface area contributed by atoms with E-state index in [0.29, 0.717) is 23.6 Å². The number of carbonyl (C=O) groups is 1. The number of hydrogen-bond donors (Lipinski definition) is 1. The number of aromatic nitrogens is 2. The van der Waals surface area contributed by atoms with E-state index in [2.05, 4.69) is 10.4 Å². The summed E-state index contributed by atoms with van der Waals surface area (Å²) < 4.78 is 12.6. The average molecular weight is 299 g/mol. The Morgan fingerprint density at radius 3 is 3.14 bits per heavy atom. The van der Waals surface area contributed by atoms with Crippen molar-refractivity contribution in [1.29, 1.82) is 0 Å². The fraction of sp³-hybridized carbons (Fsp3) is 0.375. The lowest BCUT2D eigenvalue weighted by Gasteiger charge is -2.15. The molecular weight excluding hydrogens is 282 g/mol. The molecule has 0 radical (unpaired) electrons. The van der Waals surface area contributed by atoms with Crippen LogP contribution in [0.4, 0.5) is 0 Å². The average Bonchev–Trinajstić information content (AvgIpc) is 3.18. The maximum Gasteiger partial charge on any atom is 0.251 e. The Balaban J connectivity index is 1.45. The monoisotopic (exact) mass is 299 g/mol. The zero-order valence-corrected chi connectivity index (χ0v) is 12.2. The molecule has 0 aliphatic carbocycles. The van der Waals surface area contributed by atoms with Gasteiger partial charge in [0.25, 0.3) is 5.91 Å². The Hall–Kier alpha value is -2.50. The van der Waals surface area contributed by atoms with Crippen LogP contribution >= 0.6 is 0 Å². The number of hydrogen-bond acceptors (Lipinski definition) is 4. The summed E-state index contributed by atoms with van der Waals surface area (Å²) in [6.07, 6.45) is 5.27. The predicted octanol–water partition coefficient (Wildman–Crippen LogP) is 1.88. The van der Waals surface area contributed by atoms with E-state index in [-0.39, 0.29) is 12.7 Å². The molecule has 1 amide bonds. The van der Waals surface area contributed by atoms with Crippen LogP contribution in [0.5, 0.6) is 11.5 Å². The van der Waals surface area contributed by atoms with Crippen molar-refractivity contribution in [2.75, 3.05) is 6.79 Å². The molecule has 0 atom stereocenters. The summed E-state index contributed by atoms with van der Waals surface area (Å²) in [6.45, 7) is 1.69. The summed E-state index contributed by atoms with van der Waals surface area (Å²) in [6, 6.07) is 5.22. The third-order valence-corrected chi connectivity index (χ3v) is 4.14. The molecule has 0 bridgehead atoms. The van der Waals surface area contributed by atoms with Gasteiger partial charge < -0.3 is 14.8 Å². The van der Waals surface area contributed by atoms with E-state index in [1.54, 1.807) is 18.2 Å². The van der Waals surface area contributed by atoms with Gasteiger partial charge in [-0.25, -0.2) is 0 Å². The number of benzene rings is 1. The number of rotatable bonds is 3. The van der Waals surface area contributed by atoms with E-state index in [9.17, 15) is 4.79 Å². The fourth-order valence-corrected chi connectivity index (χ4v) is 2.95. The number of ether oxygens (including phenoxy) is 2. The lowest BCUT2D eigenvalue weighted by atomic mass is 10.1. The summed E-state index contributed by atoms with van der Waals surface area (Å²) in [5.41, 5.74) is 2.93. The minimum absolute atomic E-state index is 0.117. The molecule has 1 aromatic heterocycles. The van der Waals surface area contributed by atoms with E-state index < -0.39 is 0 Å². The smallest absolute Gasteiger partial charge is 0.251 e. The second-order valence-electron chi connectivity index (χ2n) is 5.55. The third kappa shape index (κ3) is 2.30. The lowest BCUT2D eigenvalue weighted by Crippen LogP contribution is -2.23. The first-order chi connectivity index (χ1) is 10.8. The molecule has 2 aromatic rings. The summed E-state index contributed by atoms with van der Waals surface area (Å²) in [5, 5.41) is 7.34. The molecule has 0 spiro atoms. The standard InChI is InChI=1S/C16H17N3O3/c20-16(11-4-5-14-15(7-11)22-10-21-14)17-8-12-9-18-19-6-2-1-3-13(12)19/h4-5,7,9H,1-3,6,8,10H2,(H,17,20). The first-order valence-corrected chi connectivity index (χ1v) is 7.53. The van der Waals surface area contributed by atoms with Gasteiger partial charge in [0.05, 0.1) is 6.20 Å². The molecule has 3 heterocycles. The second kappa shape index (κ2) is 5.36. The van der Waals surface area contributed by atoms with Gasteiger partial charge in [0.15, 0.2) is 11.5 Å². The molecule has 6 nitrogen and oxygen atoms in total. The molecule has 0 fully saturated rings. The van der Waals surface area contributed by atoms with Crippen LogP contribution in [-0.2, 0) is 19.5 Å². The van der Waals surface area contributed by atoms with Crippen LogP contribution < -0.4 is 14.8 Å². The van der Waals surface area contributed by atoms with E-state index in [4.69, 9.17) is 9.47 Å². The first-order valence-electron chi connectivity index (χ1n) is 7.53. The molecule has 0 saturated carbocycles. The number of carbonyl (C=O) groups excluding carboxylic acids is 1. The van der Waals surface area contributed by atoms with Crippen molar-refractivity contribution in [2.24, 2.45) is 0 Å². The normalized spacial score (nSPS) is 15.5. The summed E-state index contributed by atoms with van der Waals surface area (Å²) >= 11 is 0. The van der Waals surface area contributed by atoms with Crippen molar-refractivity contribution in [3.63, 3.8) is 0 Å². The molecule has 1 aromatic carbocycles. The summed E-state index contributed by atoms with van der Waals surface area (Å²) in [5.74, 6) is 1.19. The zero-order chi connectivity index (χ0) is 14.9. The van der Waals surface area contributed by atoms with Crippen molar-refractivity contribution in [3.05, 3.63) is 41.2 Å². The summed E-state index contributed by atoms with van der Waals surface area (Å²) in [7, 11) is 0. The zero-order valence-electron chi connectivity index (χ0n) is 12.2. The van der Waals surface area contributed by atoms with E-state index in [1.165, 1.54) is 18.5 Å². The Morgan fingerprint density at radius 1 is 1.27 bits per heavy atom. The van der Waals surface area contributed by atoms with Gasteiger partial charge in [-0.05, 0) is 37.5 Å². The van der Waals surface area contributed by atoms with Crippen molar-refractivity contribution in [2.45, 2.75) is 32.4 Å². The highest BCUT2D eigenvalue weighted by Gasteiger charge is 2.18. The molecule has 0 saturated heterocycles. The van der Waals surface area contributed by atoms with Crippen molar-refractivity contribution in [1.82, 2.24) is 15.1 Å². The fourth-order valence-electron chi connectivity index (χ4n) is 2.95. The van der Waals surface area contributed by atoms with Crippen LogP contribution in [0.2, 0.25) is 0 Å². The molecule has 114 valence electrons. The molecule has 0 unspecified atom stereocenters. The largest absolute Gasteiger partial charge is 0.454 e. The molecule has 1 N–H and O–H groups in total. The van der Waals surface area contributed by atoms with Crippen LogP contribution in [0, 0.1) is 0 Å². The predicted molar refractivity (Wildman–Crippen MR) is 78.9 cm³/mol. The van der Waals surface area contributed by atoms with Gasteiger partial charge in [-0.2, -0.15) is 5.10 Å². The highest BCUT2D eigenvalue weighted by molar-refractivity contribution is 5.94. The van der Waals surface area contributed by atoms with E-state index >= 15 is 0 Å². The van der Waals surface area contributed by atoms with Crippen molar-refractivity contribution < 1.29 is 14.3 Å². The molecule has 2 aliphatic heterocycles. The Kier molecular flexibility index (Phi) is 3.21. The van der Waals surface area contributed by atoms with Crippen molar-refractivity contribution in [3.8, 4) is 11.5 Å². The Morgan fingerprint density at radius 2 is 2.18 bits per heavy atom. The molecule has 6 heteroatoms. The number of nitrogens with zero attached hydrogens (tertiary/aromatic N) is 2. The van der Waals surface area contributed by atoms with Crippen molar-refractivity contribution >= 4 is 5.91 Å².